The Kier molecular flexibility index (Phi) is 4.52. The van der Waals surface area contributed by atoms with Gasteiger partial charge in [-0.15, -0.1) is 0 Å². The van der Waals surface area contributed by atoms with Crippen molar-refractivity contribution in [3.05, 3.63) is 34.9 Å². The van der Waals surface area contributed by atoms with Crippen LogP contribution in [0.1, 0.15) is 21.5 Å². The van der Waals surface area contributed by atoms with E-state index in [0.29, 0.717) is 18.8 Å². The van der Waals surface area contributed by atoms with Crippen molar-refractivity contribution in [2.45, 2.75) is 19.3 Å². The van der Waals surface area contributed by atoms with Gasteiger partial charge in [0.15, 0.2) is 0 Å². The number of carbonyl (C=O) groups is 1. The smallest absolute Gasteiger partial charge is 0.253 e. The SMILES string of the molecule is COCC(O)CN(C)C(=O)c1ccc2c(c1)COC2. The molecular formula is C14H19NO4. The normalized spacial score (nSPS) is 15.1. The van der Waals surface area contributed by atoms with Gasteiger partial charge in [0.05, 0.1) is 25.9 Å². The zero-order chi connectivity index (χ0) is 13.8. The van der Waals surface area contributed by atoms with Crippen molar-refractivity contribution in [1.29, 1.82) is 0 Å². The predicted molar refractivity (Wildman–Crippen MR) is 69.8 cm³/mol. The molecule has 0 fully saturated rings. The van der Waals surface area contributed by atoms with E-state index in [-0.39, 0.29) is 19.1 Å². The molecule has 1 aromatic rings. The largest absolute Gasteiger partial charge is 0.389 e. The molecule has 19 heavy (non-hydrogen) atoms. The molecule has 1 unspecified atom stereocenters. The molecule has 0 aromatic heterocycles. The molecular weight excluding hydrogens is 246 g/mol. The number of aliphatic hydroxyl groups excluding tert-OH is 1. The summed E-state index contributed by atoms with van der Waals surface area (Å²) in [4.78, 5) is 13.7. The lowest BCUT2D eigenvalue weighted by Crippen LogP contribution is -2.36. The maximum absolute atomic E-state index is 12.2. The fraction of sp³-hybridized carbons (Fsp3) is 0.500. The molecule has 1 aliphatic rings. The molecule has 5 heteroatoms. The first-order valence-corrected chi connectivity index (χ1v) is 6.24. The zero-order valence-electron chi connectivity index (χ0n) is 11.3. The number of fused-ring (bicyclic) bond motifs is 1. The summed E-state index contributed by atoms with van der Waals surface area (Å²) in [6, 6.07) is 5.59. The quantitative estimate of drug-likeness (QED) is 0.855. The van der Waals surface area contributed by atoms with Crippen LogP contribution in [0.15, 0.2) is 18.2 Å². The minimum Gasteiger partial charge on any atom is -0.389 e. The minimum absolute atomic E-state index is 0.107. The van der Waals surface area contributed by atoms with E-state index in [9.17, 15) is 9.90 Å². The van der Waals surface area contributed by atoms with E-state index in [0.717, 1.165) is 11.1 Å². The third-order valence-electron chi connectivity index (χ3n) is 3.16. The van der Waals surface area contributed by atoms with Gasteiger partial charge in [-0.1, -0.05) is 6.07 Å². The van der Waals surface area contributed by atoms with Gasteiger partial charge in [0.1, 0.15) is 0 Å². The number of methoxy groups -OCH3 is 1. The van der Waals surface area contributed by atoms with Gasteiger partial charge in [-0.2, -0.15) is 0 Å². The first kappa shape index (κ1) is 14.0. The molecule has 0 spiro atoms. The first-order chi connectivity index (χ1) is 9.11. The molecule has 0 aliphatic carbocycles. The Morgan fingerprint density at radius 1 is 1.47 bits per heavy atom. The van der Waals surface area contributed by atoms with Crippen LogP contribution in [0, 0.1) is 0 Å². The summed E-state index contributed by atoms with van der Waals surface area (Å²) >= 11 is 0. The maximum atomic E-state index is 12.2. The summed E-state index contributed by atoms with van der Waals surface area (Å²) in [5.74, 6) is -0.107. The van der Waals surface area contributed by atoms with Crippen LogP contribution in [0.2, 0.25) is 0 Å². The van der Waals surface area contributed by atoms with E-state index in [2.05, 4.69) is 0 Å². The van der Waals surface area contributed by atoms with Gasteiger partial charge in [0.25, 0.3) is 5.91 Å². The summed E-state index contributed by atoms with van der Waals surface area (Å²) < 4.78 is 10.2. The first-order valence-electron chi connectivity index (χ1n) is 6.24. The summed E-state index contributed by atoms with van der Waals surface area (Å²) in [6.45, 7) is 1.65. The fourth-order valence-corrected chi connectivity index (χ4v) is 2.17. The second kappa shape index (κ2) is 6.14. The van der Waals surface area contributed by atoms with Crippen LogP contribution in [0.4, 0.5) is 0 Å². The lowest BCUT2D eigenvalue weighted by atomic mass is 10.1. The summed E-state index contributed by atoms with van der Waals surface area (Å²) in [5.41, 5.74) is 2.83. The molecule has 5 nitrogen and oxygen atoms in total. The second-order valence-electron chi connectivity index (χ2n) is 4.77. The van der Waals surface area contributed by atoms with Gasteiger partial charge in [-0.25, -0.2) is 0 Å². The minimum atomic E-state index is -0.670. The Bertz CT molecular complexity index is 461. The number of amides is 1. The number of aliphatic hydroxyl groups is 1. The van der Waals surface area contributed by atoms with Crippen molar-refractivity contribution in [3.63, 3.8) is 0 Å². The Morgan fingerprint density at radius 3 is 2.95 bits per heavy atom. The topological polar surface area (TPSA) is 59.0 Å². The van der Waals surface area contributed by atoms with Crippen LogP contribution in [0.5, 0.6) is 0 Å². The van der Waals surface area contributed by atoms with Crippen LogP contribution in [0.25, 0.3) is 0 Å². The molecule has 0 saturated carbocycles. The van der Waals surface area contributed by atoms with Gasteiger partial charge >= 0.3 is 0 Å². The van der Waals surface area contributed by atoms with Crippen LogP contribution in [-0.4, -0.2) is 49.3 Å². The highest BCUT2D eigenvalue weighted by atomic mass is 16.5. The number of benzene rings is 1. The highest BCUT2D eigenvalue weighted by Gasteiger charge is 2.18. The van der Waals surface area contributed by atoms with Crippen LogP contribution in [-0.2, 0) is 22.7 Å². The number of rotatable bonds is 5. The van der Waals surface area contributed by atoms with Crippen LogP contribution in [0.3, 0.4) is 0 Å². The number of ether oxygens (including phenoxy) is 2. The van der Waals surface area contributed by atoms with Crippen LogP contribution >= 0.6 is 0 Å². The van der Waals surface area contributed by atoms with Gasteiger partial charge in [0, 0.05) is 26.3 Å². The van der Waals surface area contributed by atoms with Gasteiger partial charge in [0.2, 0.25) is 0 Å². The van der Waals surface area contributed by atoms with Crippen molar-refractivity contribution in [2.75, 3.05) is 27.3 Å². The average Bonchev–Trinajstić information content (AvgIpc) is 2.85. The summed E-state index contributed by atoms with van der Waals surface area (Å²) in [5, 5.41) is 9.63. The molecule has 1 N–H and O–H groups in total. The van der Waals surface area contributed by atoms with Crippen molar-refractivity contribution in [3.8, 4) is 0 Å². The summed E-state index contributed by atoms with van der Waals surface area (Å²) in [6.07, 6.45) is -0.670. The van der Waals surface area contributed by atoms with E-state index in [1.807, 2.05) is 12.1 Å². The van der Waals surface area contributed by atoms with E-state index in [1.54, 1.807) is 13.1 Å². The number of hydrogen-bond donors (Lipinski definition) is 1. The van der Waals surface area contributed by atoms with Crippen molar-refractivity contribution in [1.82, 2.24) is 4.90 Å². The Hall–Kier alpha value is -1.43. The highest BCUT2D eigenvalue weighted by Crippen LogP contribution is 2.21. The monoisotopic (exact) mass is 265 g/mol. The van der Waals surface area contributed by atoms with E-state index >= 15 is 0 Å². The maximum Gasteiger partial charge on any atom is 0.253 e. The average molecular weight is 265 g/mol. The van der Waals surface area contributed by atoms with Gasteiger partial charge < -0.3 is 19.5 Å². The Labute approximate surface area is 112 Å². The zero-order valence-corrected chi connectivity index (χ0v) is 11.3. The molecule has 1 aromatic carbocycles. The standard InChI is InChI=1S/C14H19NO4/c1-15(6-13(16)9-18-2)14(17)10-3-4-11-7-19-8-12(11)5-10/h3-5,13,16H,6-9H2,1-2H3. The lowest BCUT2D eigenvalue weighted by molar-refractivity contribution is 0.0380. The number of carbonyl (C=O) groups excluding carboxylic acids is 1. The van der Waals surface area contributed by atoms with Crippen molar-refractivity contribution < 1.29 is 19.4 Å². The number of nitrogens with zero attached hydrogens (tertiary/aromatic N) is 1. The van der Waals surface area contributed by atoms with Crippen molar-refractivity contribution in [2.24, 2.45) is 0 Å². The Morgan fingerprint density at radius 2 is 2.21 bits per heavy atom. The molecule has 1 amide bonds. The second-order valence-corrected chi connectivity index (χ2v) is 4.77. The molecule has 0 saturated heterocycles. The van der Waals surface area contributed by atoms with E-state index in [1.165, 1.54) is 12.0 Å². The third kappa shape index (κ3) is 3.32. The lowest BCUT2D eigenvalue weighted by Gasteiger charge is -2.20. The summed E-state index contributed by atoms with van der Waals surface area (Å²) in [7, 11) is 3.19. The molecule has 2 rings (SSSR count). The van der Waals surface area contributed by atoms with Crippen LogP contribution < -0.4 is 0 Å². The molecule has 0 bridgehead atoms. The molecule has 1 atom stereocenters. The Balaban J connectivity index is 2.02. The molecule has 1 heterocycles. The van der Waals surface area contributed by atoms with E-state index in [4.69, 9.17) is 9.47 Å². The third-order valence-corrected chi connectivity index (χ3v) is 3.16. The molecule has 1 aliphatic heterocycles. The fourth-order valence-electron chi connectivity index (χ4n) is 2.17. The number of hydrogen-bond acceptors (Lipinski definition) is 4. The predicted octanol–water partition coefficient (Wildman–Crippen LogP) is 0.796. The van der Waals surface area contributed by atoms with Gasteiger partial charge in [-0.3, -0.25) is 4.79 Å². The number of likely N-dealkylation sites (N-methyl/N-ethyl adjacent to an activating group) is 1. The molecule has 104 valence electrons. The van der Waals surface area contributed by atoms with Crippen molar-refractivity contribution >= 4 is 5.91 Å². The van der Waals surface area contributed by atoms with Gasteiger partial charge in [-0.05, 0) is 23.3 Å². The van der Waals surface area contributed by atoms with E-state index < -0.39 is 6.10 Å². The molecule has 0 radical (unpaired) electrons. The highest BCUT2D eigenvalue weighted by molar-refractivity contribution is 5.94.